The van der Waals surface area contributed by atoms with Gasteiger partial charge in [0.05, 0.1) is 7.05 Å². The number of rotatable bonds is 3. The highest BCUT2D eigenvalue weighted by Crippen LogP contribution is 2.27. The standard InChI is InChI=1S/C13H9FIN5O/c1-20-18-13(17-19-20)12-5-2-8(7-16-12)10-4-3-9(21-15)6-11(10)14/h2-7H,1H3. The second-order valence-corrected chi connectivity index (χ2v) is 4.69. The van der Waals surface area contributed by atoms with Gasteiger partial charge in [-0.2, -0.15) is 4.80 Å². The van der Waals surface area contributed by atoms with E-state index >= 15 is 0 Å². The van der Waals surface area contributed by atoms with Gasteiger partial charge in [-0.05, 0) is 23.4 Å². The van der Waals surface area contributed by atoms with E-state index < -0.39 is 0 Å². The van der Waals surface area contributed by atoms with E-state index in [9.17, 15) is 4.39 Å². The Morgan fingerprint density at radius 2 is 2.10 bits per heavy atom. The molecule has 3 aromatic rings. The van der Waals surface area contributed by atoms with Crippen LogP contribution in [0.1, 0.15) is 0 Å². The van der Waals surface area contributed by atoms with Gasteiger partial charge in [-0.15, -0.1) is 10.2 Å². The van der Waals surface area contributed by atoms with Crippen molar-refractivity contribution in [3.63, 3.8) is 0 Å². The fraction of sp³-hybridized carbons (Fsp3) is 0.0769. The second-order valence-electron chi connectivity index (χ2n) is 4.25. The van der Waals surface area contributed by atoms with Crippen molar-refractivity contribution in [2.24, 2.45) is 7.05 Å². The molecule has 0 bridgehead atoms. The van der Waals surface area contributed by atoms with Gasteiger partial charge in [0.15, 0.2) is 23.0 Å². The number of aromatic nitrogens is 5. The van der Waals surface area contributed by atoms with Crippen LogP contribution >= 0.6 is 23.0 Å². The summed E-state index contributed by atoms with van der Waals surface area (Å²) in [6.45, 7) is 0. The molecule has 6 nitrogen and oxygen atoms in total. The number of nitrogens with zero attached hydrogens (tertiary/aromatic N) is 5. The zero-order valence-electron chi connectivity index (χ0n) is 10.9. The number of aryl methyl sites for hydroxylation is 1. The Bertz CT molecular complexity index is 774. The fourth-order valence-electron chi connectivity index (χ4n) is 1.85. The maximum absolute atomic E-state index is 14.0. The smallest absolute Gasteiger partial charge is 0.223 e. The monoisotopic (exact) mass is 397 g/mol. The number of tetrazole rings is 1. The summed E-state index contributed by atoms with van der Waals surface area (Å²) >= 11 is 1.71. The first kappa shape index (κ1) is 13.9. The largest absolute Gasteiger partial charge is 0.428 e. The lowest BCUT2D eigenvalue weighted by Gasteiger charge is -2.05. The van der Waals surface area contributed by atoms with Crippen LogP contribution < -0.4 is 3.07 Å². The normalized spacial score (nSPS) is 10.6. The third kappa shape index (κ3) is 2.84. The zero-order valence-corrected chi connectivity index (χ0v) is 13.0. The van der Waals surface area contributed by atoms with Crippen LogP contribution in [0, 0.1) is 5.82 Å². The Kier molecular flexibility index (Phi) is 3.78. The second kappa shape index (κ2) is 5.72. The summed E-state index contributed by atoms with van der Waals surface area (Å²) in [4.78, 5) is 5.60. The van der Waals surface area contributed by atoms with E-state index in [2.05, 4.69) is 20.4 Å². The lowest BCUT2D eigenvalue weighted by atomic mass is 10.1. The maximum atomic E-state index is 14.0. The molecule has 1 aromatic carbocycles. The minimum atomic E-state index is -0.364. The van der Waals surface area contributed by atoms with Gasteiger partial charge in [-0.3, -0.25) is 4.98 Å². The minimum Gasteiger partial charge on any atom is -0.428 e. The summed E-state index contributed by atoms with van der Waals surface area (Å²) < 4.78 is 19.0. The molecular weight excluding hydrogens is 388 g/mol. The van der Waals surface area contributed by atoms with Gasteiger partial charge in [0, 0.05) is 23.4 Å². The molecule has 0 aliphatic carbocycles. The first-order chi connectivity index (χ1) is 10.2. The van der Waals surface area contributed by atoms with E-state index in [0.29, 0.717) is 28.4 Å². The summed E-state index contributed by atoms with van der Waals surface area (Å²) in [6, 6.07) is 8.18. The van der Waals surface area contributed by atoms with Crippen LogP contribution in [0.3, 0.4) is 0 Å². The molecule has 0 aliphatic rings. The number of benzene rings is 1. The van der Waals surface area contributed by atoms with Gasteiger partial charge in [0.25, 0.3) is 0 Å². The van der Waals surface area contributed by atoms with Crippen molar-refractivity contribution in [1.82, 2.24) is 25.2 Å². The molecular formula is C13H9FIN5O. The average molecular weight is 397 g/mol. The van der Waals surface area contributed by atoms with Crippen molar-refractivity contribution in [2.75, 3.05) is 0 Å². The SMILES string of the molecule is Cn1nnc(-c2ccc(-c3ccc(OI)cc3F)cn2)n1. The van der Waals surface area contributed by atoms with E-state index in [-0.39, 0.29) is 5.82 Å². The molecule has 2 aromatic heterocycles. The van der Waals surface area contributed by atoms with Crippen LogP contribution in [0.25, 0.3) is 22.6 Å². The predicted molar refractivity (Wildman–Crippen MR) is 82.1 cm³/mol. The molecule has 0 amide bonds. The minimum absolute atomic E-state index is 0.364. The Morgan fingerprint density at radius 3 is 2.67 bits per heavy atom. The number of pyridine rings is 1. The molecule has 2 heterocycles. The third-order valence-electron chi connectivity index (χ3n) is 2.84. The van der Waals surface area contributed by atoms with E-state index in [1.165, 1.54) is 10.9 Å². The van der Waals surface area contributed by atoms with Crippen LogP contribution in [-0.2, 0) is 7.05 Å². The van der Waals surface area contributed by atoms with Crippen LogP contribution in [0.4, 0.5) is 4.39 Å². The Balaban J connectivity index is 1.94. The van der Waals surface area contributed by atoms with Gasteiger partial charge in [0.2, 0.25) is 5.82 Å². The van der Waals surface area contributed by atoms with Gasteiger partial charge < -0.3 is 3.07 Å². The third-order valence-corrected chi connectivity index (χ3v) is 3.35. The molecule has 0 aliphatic heterocycles. The molecule has 0 fully saturated rings. The van der Waals surface area contributed by atoms with E-state index in [4.69, 9.17) is 3.07 Å². The lowest BCUT2D eigenvalue weighted by Crippen LogP contribution is -1.92. The van der Waals surface area contributed by atoms with Crippen LogP contribution in [0.15, 0.2) is 36.5 Å². The fourth-order valence-corrected chi connectivity index (χ4v) is 2.12. The summed E-state index contributed by atoms with van der Waals surface area (Å²) in [5.41, 5.74) is 1.71. The Morgan fingerprint density at radius 1 is 1.24 bits per heavy atom. The number of hydrogen-bond acceptors (Lipinski definition) is 5. The zero-order chi connectivity index (χ0) is 14.8. The molecule has 0 saturated heterocycles. The van der Waals surface area contributed by atoms with Crippen molar-refractivity contribution in [3.8, 4) is 28.4 Å². The summed E-state index contributed by atoms with van der Waals surface area (Å²) in [5, 5.41) is 11.7. The Hall–Kier alpha value is -2.10. The van der Waals surface area contributed by atoms with Crippen molar-refractivity contribution < 1.29 is 7.46 Å². The van der Waals surface area contributed by atoms with Gasteiger partial charge >= 0.3 is 0 Å². The highest BCUT2D eigenvalue weighted by atomic mass is 127. The first-order valence-electron chi connectivity index (χ1n) is 5.96. The first-order valence-corrected chi connectivity index (χ1v) is 6.84. The van der Waals surface area contributed by atoms with Crippen LogP contribution in [0.2, 0.25) is 0 Å². The molecule has 3 rings (SSSR count). The topological polar surface area (TPSA) is 65.7 Å². The number of halogens is 2. The molecule has 106 valence electrons. The molecule has 0 atom stereocenters. The van der Waals surface area contributed by atoms with Gasteiger partial charge in [-0.1, -0.05) is 6.07 Å². The molecule has 0 unspecified atom stereocenters. The lowest BCUT2D eigenvalue weighted by molar-refractivity contribution is 0.618. The van der Waals surface area contributed by atoms with Gasteiger partial charge in [-0.25, -0.2) is 4.39 Å². The highest BCUT2D eigenvalue weighted by molar-refractivity contribution is 14.1. The van der Waals surface area contributed by atoms with Crippen molar-refractivity contribution in [1.29, 1.82) is 0 Å². The van der Waals surface area contributed by atoms with E-state index in [1.807, 2.05) is 0 Å². The highest BCUT2D eigenvalue weighted by Gasteiger charge is 2.10. The van der Waals surface area contributed by atoms with Crippen molar-refractivity contribution in [2.45, 2.75) is 0 Å². The van der Waals surface area contributed by atoms with Crippen molar-refractivity contribution >= 4 is 23.0 Å². The molecule has 0 spiro atoms. The molecule has 0 N–H and O–H groups in total. The summed E-state index contributed by atoms with van der Waals surface area (Å²) in [7, 11) is 1.68. The summed E-state index contributed by atoms with van der Waals surface area (Å²) in [5.74, 6) is 0.528. The van der Waals surface area contributed by atoms with E-state index in [0.717, 1.165) is 0 Å². The molecule has 0 saturated carbocycles. The predicted octanol–water partition coefficient (Wildman–Crippen LogP) is 2.81. The molecule has 21 heavy (non-hydrogen) atoms. The average Bonchev–Trinajstić information content (AvgIpc) is 2.94. The Labute approximate surface area is 133 Å². The van der Waals surface area contributed by atoms with Crippen molar-refractivity contribution in [3.05, 3.63) is 42.3 Å². The van der Waals surface area contributed by atoms with E-state index in [1.54, 1.807) is 60.5 Å². The van der Waals surface area contributed by atoms with Crippen LogP contribution in [0.5, 0.6) is 5.75 Å². The van der Waals surface area contributed by atoms with Gasteiger partial charge in [0.1, 0.15) is 17.3 Å². The molecule has 0 radical (unpaired) electrons. The molecule has 8 heteroatoms. The number of hydrogen-bond donors (Lipinski definition) is 0. The maximum Gasteiger partial charge on any atom is 0.223 e. The summed E-state index contributed by atoms with van der Waals surface area (Å²) in [6.07, 6.45) is 1.58. The van der Waals surface area contributed by atoms with Crippen LogP contribution in [-0.4, -0.2) is 25.2 Å². The quantitative estimate of drug-likeness (QED) is 0.636.